The molecule has 3 aromatic rings. The van der Waals surface area contributed by atoms with Gasteiger partial charge in [-0.2, -0.15) is 0 Å². The van der Waals surface area contributed by atoms with Gasteiger partial charge in [-0.15, -0.1) is 5.10 Å². The van der Waals surface area contributed by atoms with Crippen molar-refractivity contribution in [3.8, 4) is 5.69 Å². The predicted molar refractivity (Wildman–Crippen MR) is 120 cm³/mol. The van der Waals surface area contributed by atoms with E-state index >= 15 is 0 Å². The molecule has 0 saturated heterocycles. The maximum atomic E-state index is 11.8. The van der Waals surface area contributed by atoms with E-state index in [0.717, 1.165) is 46.6 Å². The Morgan fingerprint density at radius 2 is 2.07 bits per heavy atom. The predicted octanol–water partition coefficient (Wildman–Crippen LogP) is 4.91. The average Bonchev–Trinajstić information content (AvgIpc) is 3.21. The van der Waals surface area contributed by atoms with Crippen LogP contribution in [-0.4, -0.2) is 30.8 Å². The standard InChI is InChI=1S/C20H21IN4O2S/c1-5-18-22-20(24-23-18)28-17(19(26)27)9-14-8-12(3)25(13(14)4)15-7-6-11(2)16(21)10-15/h6-10H,5H2,1-4H3,(H,26,27)(H,22,23,24)/b17-9-. The molecular formula is C20H21IN4O2S. The smallest absolute Gasteiger partial charge is 0.342 e. The largest absolute Gasteiger partial charge is 0.477 e. The molecule has 0 aliphatic heterocycles. The van der Waals surface area contributed by atoms with Crippen LogP contribution in [-0.2, 0) is 11.2 Å². The molecule has 2 N–H and O–H groups in total. The first-order valence-corrected chi connectivity index (χ1v) is 10.7. The van der Waals surface area contributed by atoms with Gasteiger partial charge in [0.15, 0.2) is 0 Å². The number of nitrogens with one attached hydrogen (secondary N) is 1. The van der Waals surface area contributed by atoms with Gasteiger partial charge in [0.1, 0.15) is 10.7 Å². The maximum absolute atomic E-state index is 11.8. The SMILES string of the molecule is CCc1nc(S/C(=C\c2cc(C)n(-c3ccc(C)c(I)c3)c2C)C(=O)O)n[nH]1. The van der Waals surface area contributed by atoms with Crippen molar-refractivity contribution in [3.05, 3.63) is 61.1 Å². The molecule has 1 aromatic carbocycles. The molecule has 0 amide bonds. The van der Waals surface area contributed by atoms with E-state index in [-0.39, 0.29) is 4.91 Å². The molecule has 0 aliphatic rings. The van der Waals surface area contributed by atoms with Crippen molar-refractivity contribution < 1.29 is 9.90 Å². The molecule has 0 atom stereocenters. The van der Waals surface area contributed by atoms with E-state index in [1.807, 2.05) is 26.8 Å². The van der Waals surface area contributed by atoms with Crippen LogP contribution in [0.15, 0.2) is 34.3 Å². The van der Waals surface area contributed by atoms with Crippen LogP contribution < -0.4 is 0 Å². The number of thioether (sulfide) groups is 1. The van der Waals surface area contributed by atoms with Crippen molar-refractivity contribution in [2.24, 2.45) is 0 Å². The topological polar surface area (TPSA) is 83.8 Å². The zero-order chi connectivity index (χ0) is 20.4. The van der Waals surface area contributed by atoms with Crippen LogP contribution in [0.4, 0.5) is 0 Å². The van der Waals surface area contributed by atoms with Crippen molar-refractivity contribution in [2.45, 2.75) is 39.3 Å². The van der Waals surface area contributed by atoms with Crippen molar-refractivity contribution in [1.82, 2.24) is 19.7 Å². The average molecular weight is 508 g/mol. The number of H-pyrrole nitrogens is 1. The minimum Gasteiger partial charge on any atom is -0.477 e. The van der Waals surface area contributed by atoms with Crippen molar-refractivity contribution in [1.29, 1.82) is 0 Å². The third kappa shape index (κ3) is 4.33. The third-order valence-electron chi connectivity index (χ3n) is 4.43. The van der Waals surface area contributed by atoms with Crippen molar-refractivity contribution in [2.75, 3.05) is 0 Å². The Labute approximate surface area is 181 Å². The summed E-state index contributed by atoms with van der Waals surface area (Å²) < 4.78 is 3.33. The van der Waals surface area contributed by atoms with Crippen LogP contribution in [0.1, 0.15) is 35.3 Å². The first-order valence-electron chi connectivity index (χ1n) is 8.79. The Morgan fingerprint density at radius 3 is 2.68 bits per heavy atom. The summed E-state index contributed by atoms with van der Waals surface area (Å²) in [7, 11) is 0. The highest BCUT2D eigenvalue weighted by Crippen LogP contribution is 2.29. The number of halogens is 1. The van der Waals surface area contributed by atoms with Crippen LogP contribution in [0.3, 0.4) is 0 Å². The lowest BCUT2D eigenvalue weighted by atomic mass is 10.2. The summed E-state index contributed by atoms with van der Waals surface area (Å²) in [5.74, 6) is -0.262. The lowest BCUT2D eigenvalue weighted by molar-refractivity contribution is -0.131. The summed E-state index contributed by atoms with van der Waals surface area (Å²) in [6.45, 7) is 8.06. The summed E-state index contributed by atoms with van der Waals surface area (Å²) in [4.78, 5) is 16.2. The lowest BCUT2D eigenvalue weighted by Gasteiger charge is -2.11. The quantitative estimate of drug-likeness (QED) is 0.281. The number of aromatic amines is 1. The Balaban J connectivity index is 1.99. The van der Waals surface area contributed by atoms with Crippen LogP contribution in [0.5, 0.6) is 0 Å². The highest BCUT2D eigenvalue weighted by Gasteiger charge is 2.16. The van der Waals surface area contributed by atoms with Gasteiger partial charge >= 0.3 is 5.97 Å². The Kier molecular flexibility index (Phi) is 6.29. The molecule has 0 aliphatic carbocycles. The Morgan fingerprint density at radius 1 is 1.32 bits per heavy atom. The second-order valence-electron chi connectivity index (χ2n) is 6.43. The number of carboxylic acids is 1. The summed E-state index contributed by atoms with van der Waals surface area (Å²) in [6.07, 6.45) is 2.41. The molecule has 0 saturated carbocycles. The number of nitrogens with zero attached hydrogens (tertiary/aromatic N) is 3. The normalized spacial score (nSPS) is 11.8. The number of hydrogen-bond acceptors (Lipinski definition) is 4. The fraction of sp³-hybridized carbons (Fsp3) is 0.250. The molecule has 0 radical (unpaired) electrons. The second kappa shape index (κ2) is 8.52. The highest BCUT2D eigenvalue weighted by molar-refractivity contribution is 14.1. The Hall–Kier alpha value is -2.07. The molecule has 0 bridgehead atoms. The number of hydrogen-bond donors (Lipinski definition) is 2. The van der Waals surface area contributed by atoms with Crippen LogP contribution in [0.25, 0.3) is 11.8 Å². The van der Waals surface area contributed by atoms with Crippen LogP contribution in [0.2, 0.25) is 0 Å². The minimum atomic E-state index is -0.998. The molecule has 6 nitrogen and oxygen atoms in total. The van der Waals surface area contributed by atoms with Gasteiger partial charge in [0.2, 0.25) is 5.16 Å². The van der Waals surface area contributed by atoms with Crippen LogP contribution in [0, 0.1) is 24.3 Å². The van der Waals surface area contributed by atoms with Gasteiger partial charge in [-0.05, 0) is 90.5 Å². The first-order chi connectivity index (χ1) is 13.3. The number of benzene rings is 1. The second-order valence-corrected chi connectivity index (χ2v) is 8.60. The van der Waals surface area contributed by atoms with Gasteiger partial charge < -0.3 is 9.67 Å². The summed E-state index contributed by atoms with van der Waals surface area (Å²) in [6, 6.07) is 8.31. The molecule has 8 heteroatoms. The number of carbonyl (C=O) groups is 1. The number of aryl methyl sites for hydroxylation is 3. The Bertz CT molecular complexity index is 1070. The fourth-order valence-electron chi connectivity index (χ4n) is 2.91. The number of aliphatic carboxylic acids is 1. The van der Waals surface area contributed by atoms with Gasteiger partial charge in [-0.3, -0.25) is 5.10 Å². The van der Waals surface area contributed by atoms with Crippen LogP contribution >= 0.6 is 34.4 Å². The minimum absolute atomic E-state index is 0.181. The zero-order valence-corrected chi connectivity index (χ0v) is 19.1. The van der Waals surface area contributed by atoms with Gasteiger partial charge in [0.25, 0.3) is 0 Å². The zero-order valence-electron chi connectivity index (χ0n) is 16.1. The highest BCUT2D eigenvalue weighted by atomic mass is 127. The van der Waals surface area contributed by atoms with E-state index < -0.39 is 5.97 Å². The third-order valence-corrected chi connectivity index (χ3v) is 6.47. The molecule has 0 fully saturated rings. The fourth-order valence-corrected chi connectivity index (χ4v) is 4.12. The van der Waals surface area contributed by atoms with Gasteiger partial charge in [0, 0.05) is 27.1 Å². The lowest BCUT2D eigenvalue weighted by Crippen LogP contribution is -2.01. The monoisotopic (exact) mass is 508 g/mol. The van der Waals surface area contributed by atoms with E-state index in [9.17, 15) is 9.90 Å². The number of carboxylic acid groups (broad SMARTS) is 1. The summed E-state index contributed by atoms with van der Waals surface area (Å²) in [5, 5.41) is 16.9. The molecule has 2 heterocycles. The molecule has 0 spiro atoms. The van der Waals surface area contributed by atoms with Crippen molar-refractivity contribution >= 4 is 46.4 Å². The van der Waals surface area contributed by atoms with E-state index in [4.69, 9.17) is 0 Å². The van der Waals surface area contributed by atoms with E-state index in [1.54, 1.807) is 6.08 Å². The van der Waals surface area contributed by atoms with Gasteiger partial charge in [0.05, 0.1) is 0 Å². The molecule has 146 valence electrons. The van der Waals surface area contributed by atoms with E-state index in [0.29, 0.717) is 5.16 Å². The molecule has 0 unspecified atom stereocenters. The van der Waals surface area contributed by atoms with Gasteiger partial charge in [-0.1, -0.05) is 13.0 Å². The number of aromatic nitrogens is 4. The van der Waals surface area contributed by atoms with Crippen molar-refractivity contribution in [3.63, 3.8) is 0 Å². The number of rotatable bonds is 6. The maximum Gasteiger partial charge on any atom is 0.342 e. The van der Waals surface area contributed by atoms with Gasteiger partial charge in [-0.25, -0.2) is 9.78 Å². The molecular weight excluding hydrogens is 487 g/mol. The molecule has 3 rings (SSSR count). The summed E-state index contributed by atoms with van der Waals surface area (Å²) >= 11 is 3.38. The van der Waals surface area contributed by atoms with E-state index in [1.165, 1.54) is 9.13 Å². The molecule has 2 aromatic heterocycles. The summed E-state index contributed by atoms with van der Waals surface area (Å²) in [5.41, 5.74) is 5.19. The molecule has 28 heavy (non-hydrogen) atoms. The van der Waals surface area contributed by atoms with E-state index in [2.05, 4.69) is 67.5 Å². The first kappa shape index (κ1) is 20.7.